The van der Waals surface area contributed by atoms with Crippen LogP contribution in [0.4, 0.5) is 5.69 Å². The van der Waals surface area contributed by atoms with Crippen molar-refractivity contribution in [1.29, 1.82) is 0 Å². The molecule has 22 heavy (non-hydrogen) atoms. The number of benzene rings is 2. The van der Waals surface area contributed by atoms with Crippen molar-refractivity contribution in [2.75, 3.05) is 5.43 Å². The van der Waals surface area contributed by atoms with E-state index in [0.29, 0.717) is 0 Å². The number of nitrogens with zero attached hydrogens (tertiary/aromatic N) is 2. The summed E-state index contributed by atoms with van der Waals surface area (Å²) < 4.78 is 3.70. The number of fused-ring (bicyclic) bond motifs is 1. The zero-order valence-electron chi connectivity index (χ0n) is 12.4. The first-order valence-electron chi connectivity index (χ1n) is 7.05. The number of hydrogen-bond acceptors (Lipinski definition) is 3. The van der Waals surface area contributed by atoms with E-state index in [1.807, 2.05) is 47.9 Å². The van der Waals surface area contributed by atoms with Crippen LogP contribution in [0.25, 0.3) is 10.2 Å². The van der Waals surface area contributed by atoms with Gasteiger partial charge in [0, 0.05) is 25.6 Å². The highest BCUT2D eigenvalue weighted by Crippen LogP contribution is 2.19. The summed E-state index contributed by atoms with van der Waals surface area (Å²) in [6.07, 6.45) is 2.85. The van der Waals surface area contributed by atoms with Gasteiger partial charge in [-0.05, 0) is 18.2 Å². The van der Waals surface area contributed by atoms with E-state index in [2.05, 4.69) is 46.3 Å². The second-order valence-electron chi connectivity index (χ2n) is 4.82. The van der Waals surface area contributed by atoms with Crippen LogP contribution >= 0.6 is 11.3 Å². The van der Waals surface area contributed by atoms with Crippen LogP contribution in [-0.4, -0.2) is 6.21 Å². The molecule has 0 unspecified atom stereocenters. The van der Waals surface area contributed by atoms with Crippen molar-refractivity contribution >= 4 is 33.5 Å². The highest BCUT2D eigenvalue weighted by Gasteiger charge is 2.15. The summed E-state index contributed by atoms with van der Waals surface area (Å²) in [6.45, 7) is 3.12. The molecule has 5 heteroatoms. The number of nitrogens with one attached hydrogen (secondary N) is 1. The average molecular weight is 376 g/mol. The van der Waals surface area contributed by atoms with Crippen LogP contribution < -0.4 is 27.0 Å². The predicted octanol–water partition coefficient (Wildman–Crippen LogP) is 0.989. The topological polar surface area (TPSA) is 28.3 Å². The van der Waals surface area contributed by atoms with E-state index in [1.54, 1.807) is 0 Å². The number of thiazole rings is 1. The van der Waals surface area contributed by atoms with Crippen molar-refractivity contribution in [3.05, 3.63) is 59.6 Å². The number of halogens is 1. The zero-order chi connectivity index (χ0) is 14.5. The van der Waals surface area contributed by atoms with Crippen LogP contribution in [0.5, 0.6) is 0 Å². The molecule has 0 aliphatic carbocycles. The van der Waals surface area contributed by atoms with Gasteiger partial charge in [-0.15, -0.1) is 0 Å². The fraction of sp³-hybridized carbons (Fsp3) is 0.176. The number of hydrogen-bond donors (Lipinski definition) is 1. The molecule has 0 aliphatic rings. The van der Waals surface area contributed by atoms with Gasteiger partial charge in [0.05, 0.1) is 5.69 Å². The molecule has 3 nitrogen and oxygen atoms in total. The third kappa shape index (κ3) is 3.93. The number of rotatable bonds is 5. The van der Waals surface area contributed by atoms with Crippen molar-refractivity contribution < 1.29 is 21.5 Å². The van der Waals surface area contributed by atoms with Gasteiger partial charge in [0.15, 0.2) is 6.54 Å². The second kappa shape index (κ2) is 8.06. The fourth-order valence-corrected chi connectivity index (χ4v) is 3.36. The number of aryl methyl sites for hydroxylation is 2. The van der Waals surface area contributed by atoms with E-state index in [1.165, 1.54) is 15.2 Å². The lowest BCUT2D eigenvalue weighted by Gasteiger charge is -1.98. The van der Waals surface area contributed by atoms with Crippen molar-refractivity contribution in [1.82, 2.24) is 0 Å². The van der Waals surface area contributed by atoms with Crippen molar-refractivity contribution in [2.24, 2.45) is 5.10 Å². The smallest absolute Gasteiger partial charge is 0.235 e. The van der Waals surface area contributed by atoms with E-state index in [9.17, 15) is 0 Å². The van der Waals surface area contributed by atoms with E-state index < -0.39 is 0 Å². The van der Waals surface area contributed by atoms with Crippen molar-refractivity contribution in [3.63, 3.8) is 0 Å². The van der Waals surface area contributed by atoms with Gasteiger partial charge in [0.25, 0.3) is 0 Å². The highest BCUT2D eigenvalue weighted by atomic mass is 79.9. The van der Waals surface area contributed by atoms with Crippen LogP contribution in [0, 0.1) is 6.92 Å². The Bertz CT molecular complexity index is 753. The van der Waals surface area contributed by atoms with Crippen LogP contribution in [0.3, 0.4) is 0 Å². The Balaban J connectivity index is 0.00000176. The Hall–Kier alpha value is -1.72. The molecular weight excluding hydrogens is 358 g/mol. The molecule has 1 N–H and O–H groups in total. The Morgan fingerprint density at radius 1 is 1.09 bits per heavy atom. The Kier molecular flexibility index (Phi) is 6.10. The lowest BCUT2D eigenvalue weighted by Crippen LogP contribution is -3.00. The van der Waals surface area contributed by atoms with Gasteiger partial charge in [-0.2, -0.15) is 9.67 Å². The number of anilines is 1. The molecule has 0 spiro atoms. The Labute approximate surface area is 145 Å². The average Bonchev–Trinajstić information content (AvgIpc) is 2.84. The minimum Gasteiger partial charge on any atom is -1.00 e. The molecule has 0 fully saturated rings. The standard InChI is InChI=1S/C17H18N3S.BrH/c1-14-20(16-10-5-6-11-17(16)21-14)13-7-12-18-19-15-8-3-2-4-9-15;/h2-6,8-12,19H,7,13H2,1H3;1H/q+1;/p-1/b18-12+;. The minimum atomic E-state index is 0. The van der Waals surface area contributed by atoms with Gasteiger partial charge >= 0.3 is 0 Å². The predicted molar refractivity (Wildman–Crippen MR) is 89.9 cm³/mol. The molecule has 0 aliphatic heterocycles. The monoisotopic (exact) mass is 375 g/mol. The summed E-state index contributed by atoms with van der Waals surface area (Å²) in [4.78, 5) is 0. The second-order valence-corrected chi connectivity index (χ2v) is 6.05. The first-order chi connectivity index (χ1) is 10.3. The van der Waals surface area contributed by atoms with Gasteiger partial charge in [0.2, 0.25) is 10.5 Å². The molecule has 0 atom stereocenters. The summed E-state index contributed by atoms with van der Waals surface area (Å²) >= 11 is 1.84. The highest BCUT2D eigenvalue weighted by molar-refractivity contribution is 7.18. The lowest BCUT2D eigenvalue weighted by atomic mass is 10.3. The maximum atomic E-state index is 4.27. The molecule has 1 heterocycles. The third-order valence-electron chi connectivity index (χ3n) is 3.33. The molecule has 0 radical (unpaired) electrons. The maximum Gasteiger partial charge on any atom is 0.235 e. The quantitative estimate of drug-likeness (QED) is 0.402. The van der Waals surface area contributed by atoms with E-state index >= 15 is 0 Å². The van der Waals surface area contributed by atoms with Gasteiger partial charge in [0.1, 0.15) is 4.70 Å². The third-order valence-corrected chi connectivity index (χ3v) is 4.42. The minimum absolute atomic E-state index is 0. The van der Waals surface area contributed by atoms with E-state index in [4.69, 9.17) is 0 Å². The molecule has 3 aromatic rings. The van der Waals surface area contributed by atoms with Gasteiger partial charge in [-0.25, -0.2) is 0 Å². The van der Waals surface area contributed by atoms with Crippen LogP contribution in [0.2, 0.25) is 0 Å². The maximum absolute atomic E-state index is 4.27. The molecule has 114 valence electrons. The normalized spacial score (nSPS) is 10.8. The Morgan fingerprint density at radius 3 is 2.64 bits per heavy atom. The summed E-state index contributed by atoms with van der Waals surface area (Å²) in [5.41, 5.74) is 5.36. The van der Waals surface area contributed by atoms with Gasteiger partial charge < -0.3 is 17.0 Å². The van der Waals surface area contributed by atoms with Crippen LogP contribution in [0.1, 0.15) is 11.4 Å². The first-order valence-corrected chi connectivity index (χ1v) is 7.87. The molecule has 1 aromatic heterocycles. The molecule has 3 rings (SSSR count). The molecule has 0 amide bonds. The first kappa shape index (κ1) is 16.6. The van der Waals surface area contributed by atoms with Crippen LogP contribution in [0.15, 0.2) is 59.7 Å². The molecule has 0 bridgehead atoms. The Morgan fingerprint density at radius 2 is 1.82 bits per heavy atom. The molecule has 0 saturated heterocycles. The van der Waals surface area contributed by atoms with Crippen LogP contribution in [-0.2, 0) is 6.54 Å². The zero-order valence-corrected chi connectivity index (χ0v) is 14.8. The fourth-order valence-electron chi connectivity index (χ4n) is 2.31. The number of hydrazone groups is 1. The number of para-hydroxylation sites is 2. The van der Waals surface area contributed by atoms with Crippen molar-refractivity contribution in [3.8, 4) is 0 Å². The summed E-state index contributed by atoms with van der Waals surface area (Å²) in [7, 11) is 0. The van der Waals surface area contributed by atoms with Gasteiger partial charge in [-0.3, -0.25) is 5.43 Å². The van der Waals surface area contributed by atoms with Crippen molar-refractivity contribution in [2.45, 2.75) is 19.9 Å². The summed E-state index contributed by atoms with van der Waals surface area (Å²) in [5.74, 6) is 0. The SMILES string of the molecule is Cc1sc2ccccc2[n+]1CC/C=N/Nc1ccccc1.[Br-]. The summed E-state index contributed by atoms with van der Waals surface area (Å²) in [6, 6.07) is 18.5. The molecule has 0 saturated carbocycles. The molecule has 2 aromatic carbocycles. The van der Waals surface area contributed by atoms with Gasteiger partial charge in [-0.1, -0.05) is 41.7 Å². The molecular formula is C17H18BrN3S. The lowest BCUT2D eigenvalue weighted by molar-refractivity contribution is -0.671. The van der Waals surface area contributed by atoms with E-state index in [-0.39, 0.29) is 17.0 Å². The number of aromatic nitrogens is 1. The summed E-state index contributed by atoms with van der Waals surface area (Å²) in [5, 5.41) is 5.60. The largest absolute Gasteiger partial charge is 1.00 e. The van der Waals surface area contributed by atoms with E-state index in [0.717, 1.165) is 18.7 Å².